The molecule has 94 valence electrons. The van der Waals surface area contributed by atoms with Crippen molar-refractivity contribution in [1.29, 1.82) is 0 Å². The van der Waals surface area contributed by atoms with Crippen LogP contribution in [0.1, 0.15) is 33.1 Å². The second-order valence-corrected chi connectivity index (χ2v) is 3.83. The second kappa shape index (κ2) is 7.96. The van der Waals surface area contributed by atoms with Gasteiger partial charge in [-0.15, -0.1) is 0 Å². The maximum absolute atomic E-state index is 11.9. The van der Waals surface area contributed by atoms with Gasteiger partial charge < -0.3 is 14.9 Å². The maximum Gasteiger partial charge on any atom is 0.319 e. The fourth-order valence-corrected chi connectivity index (χ4v) is 1.44. The van der Waals surface area contributed by atoms with Crippen LogP contribution in [0.4, 0.5) is 4.79 Å². The molecule has 0 atom stereocenters. The highest BCUT2D eigenvalue weighted by atomic mass is 16.4. The number of rotatable bonds is 7. The zero-order valence-electron chi connectivity index (χ0n) is 10.4. The van der Waals surface area contributed by atoms with Crippen molar-refractivity contribution in [3.63, 3.8) is 0 Å². The fraction of sp³-hybridized carbons (Fsp3) is 0.818. The molecule has 0 unspecified atom stereocenters. The van der Waals surface area contributed by atoms with Crippen LogP contribution in [0.3, 0.4) is 0 Å². The van der Waals surface area contributed by atoms with Crippen molar-refractivity contribution in [2.45, 2.75) is 33.1 Å². The predicted octanol–water partition coefficient (Wildman–Crippen LogP) is 1.63. The Kier molecular flexibility index (Phi) is 7.33. The van der Waals surface area contributed by atoms with Gasteiger partial charge in [-0.1, -0.05) is 13.8 Å². The van der Waals surface area contributed by atoms with E-state index in [4.69, 9.17) is 5.11 Å². The van der Waals surface area contributed by atoms with E-state index in [-0.39, 0.29) is 19.0 Å². The molecule has 5 nitrogen and oxygen atoms in total. The van der Waals surface area contributed by atoms with Crippen molar-refractivity contribution in [1.82, 2.24) is 9.80 Å². The number of carbonyl (C=O) groups excluding carboxylic acids is 1. The molecule has 0 aliphatic heterocycles. The Morgan fingerprint density at radius 2 is 1.56 bits per heavy atom. The molecular weight excluding hydrogens is 208 g/mol. The number of aliphatic carboxylic acids is 1. The van der Waals surface area contributed by atoms with E-state index < -0.39 is 5.97 Å². The standard InChI is InChI=1S/C11H22N2O3/c1-4-7-13(8-5-2)11(16)12(3)9-6-10(14)15/h4-9H2,1-3H3,(H,14,15). The third-order valence-electron chi connectivity index (χ3n) is 2.25. The number of hydrogen-bond acceptors (Lipinski definition) is 2. The molecule has 0 aliphatic rings. The Morgan fingerprint density at radius 1 is 1.06 bits per heavy atom. The van der Waals surface area contributed by atoms with Crippen molar-refractivity contribution >= 4 is 12.0 Å². The van der Waals surface area contributed by atoms with E-state index >= 15 is 0 Å². The minimum absolute atomic E-state index is 0.00562. The Labute approximate surface area is 97.0 Å². The first-order valence-corrected chi connectivity index (χ1v) is 5.74. The van der Waals surface area contributed by atoms with E-state index in [1.165, 1.54) is 4.90 Å². The molecule has 0 saturated heterocycles. The minimum Gasteiger partial charge on any atom is -0.481 e. The molecule has 0 heterocycles. The third kappa shape index (κ3) is 5.58. The van der Waals surface area contributed by atoms with Gasteiger partial charge in [0.2, 0.25) is 0 Å². The molecule has 2 amide bonds. The SMILES string of the molecule is CCCN(CCC)C(=O)N(C)CCC(=O)O. The summed E-state index contributed by atoms with van der Waals surface area (Å²) in [6, 6.07) is -0.0787. The van der Waals surface area contributed by atoms with E-state index in [1.54, 1.807) is 11.9 Å². The van der Waals surface area contributed by atoms with E-state index in [2.05, 4.69) is 0 Å². The Morgan fingerprint density at radius 3 is 1.94 bits per heavy atom. The van der Waals surface area contributed by atoms with E-state index in [9.17, 15) is 9.59 Å². The van der Waals surface area contributed by atoms with Crippen LogP contribution in [-0.2, 0) is 4.79 Å². The zero-order chi connectivity index (χ0) is 12.6. The summed E-state index contributed by atoms with van der Waals surface area (Å²) in [7, 11) is 1.64. The number of carboxylic acid groups (broad SMARTS) is 1. The number of amides is 2. The molecule has 16 heavy (non-hydrogen) atoms. The van der Waals surface area contributed by atoms with Crippen LogP contribution in [0.2, 0.25) is 0 Å². The van der Waals surface area contributed by atoms with Gasteiger partial charge in [-0.25, -0.2) is 4.79 Å². The topological polar surface area (TPSA) is 60.9 Å². The third-order valence-corrected chi connectivity index (χ3v) is 2.25. The van der Waals surface area contributed by atoms with E-state index in [0.29, 0.717) is 0 Å². The summed E-state index contributed by atoms with van der Waals surface area (Å²) in [6.07, 6.45) is 1.82. The molecule has 0 bridgehead atoms. The van der Waals surface area contributed by atoms with Gasteiger partial charge in [0.15, 0.2) is 0 Å². The molecule has 0 rings (SSSR count). The first-order chi connectivity index (χ1) is 7.52. The van der Waals surface area contributed by atoms with Crippen LogP contribution in [-0.4, -0.2) is 53.6 Å². The first-order valence-electron chi connectivity index (χ1n) is 5.74. The zero-order valence-corrected chi connectivity index (χ0v) is 10.4. The lowest BCUT2D eigenvalue weighted by molar-refractivity contribution is -0.137. The van der Waals surface area contributed by atoms with Crippen molar-refractivity contribution in [3.8, 4) is 0 Å². The van der Waals surface area contributed by atoms with Crippen LogP contribution in [0.15, 0.2) is 0 Å². The maximum atomic E-state index is 11.9. The lowest BCUT2D eigenvalue weighted by Crippen LogP contribution is -2.42. The van der Waals surface area contributed by atoms with Crippen molar-refractivity contribution in [2.75, 3.05) is 26.7 Å². The summed E-state index contributed by atoms with van der Waals surface area (Å²) in [4.78, 5) is 25.5. The van der Waals surface area contributed by atoms with Gasteiger partial charge in [0.05, 0.1) is 6.42 Å². The molecule has 0 aromatic carbocycles. The van der Waals surface area contributed by atoms with Gasteiger partial charge >= 0.3 is 12.0 Å². The Bertz CT molecular complexity index is 225. The minimum atomic E-state index is -0.878. The quantitative estimate of drug-likeness (QED) is 0.723. The summed E-state index contributed by atoms with van der Waals surface area (Å²) < 4.78 is 0. The monoisotopic (exact) mass is 230 g/mol. The van der Waals surface area contributed by atoms with E-state index in [1.807, 2.05) is 13.8 Å². The summed E-state index contributed by atoms with van der Waals surface area (Å²) in [5.74, 6) is -0.878. The number of carboxylic acids is 1. The molecule has 0 spiro atoms. The highest BCUT2D eigenvalue weighted by Crippen LogP contribution is 2.01. The Balaban J connectivity index is 4.18. The predicted molar refractivity (Wildman–Crippen MR) is 62.4 cm³/mol. The summed E-state index contributed by atoms with van der Waals surface area (Å²) in [5, 5.41) is 8.54. The molecule has 0 fully saturated rings. The van der Waals surface area contributed by atoms with Crippen LogP contribution < -0.4 is 0 Å². The van der Waals surface area contributed by atoms with Gasteiger partial charge in [0.1, 0.15) is 0 Å². The highest BCUT2D eigenvalue weighted by Gasteiger charge is 2.16. The van der Waals surface area contributed by atoms with Crippen LogP contribution in [0, 0.1) is 0 Å². The summed E-state index contributed by atoms with van der Waals surface area (Å²) >= 11 is 0. The van der Waals surface area contributed by atoms with Gasteiger partial charge in [-0.2, -0.15) is 0 Å². The molecule has 1 N–H and O–H groups in total. The lowest BCUT2D eigenvalue weighted by Gasteiger charge is -2.27. The van der Waals surface area contributed by atoms with Crippen LogP contribution in [0.5, 0.6) is 0 Å². The molecule has 0 saturated carbocycles. The normalized spacial score (nSPS) is 9.94. The number of hydrogen-bond donors (Lipinski definition) is 1. The molecule has 0 radical (unpaired) electrons. The lowest BCUT2D eigenvalue weighted by atomic mass is 10.3. The van der Waals surface area contributed by atoms with Gasteiger partial charge in [0, 0.05) is 26.7 Å². The average Bonchev–Trinajstić information content (AvgIpc) is 2.24. The van der Waals surface area contributed by atoms with Crippen molar-refractivity contribution in [3.05, 3.63) is 0 Å². The first kappa shape index (κ1) is 14.7. The molecule has 0 aromatic heterocycles. The van der Waals surface area contributed by atoms with Crippen molar-refractivity contribution < 1.29 is 14.7 Å². The molecular formula is C11H22N2O3. The fourth-order valence-electron chi connectivity index (χ4n) is 1.44. The molecule has 0 aliphatic carbocycles. The van der Waals surface area contributed by atoms with Crippen molar-refractivity contribution in [2.24, 2.45) is 0 Å². The number of nitrogens with zero attached hydrogens (tertiary/aromatic N) is 2. The summed E-state index contributed by atoms with van der Waals surface area (Å²) in [5.41, 5.74) is 0. The van der Waals surface area contributed by atoms with Crippen LogP contribution in [0.25, 0.3) is 0 Å². The van der Waals surface area contributed by atoms with Gasteiger partial charge in [-0.3, -0.25) is 4.79 Å². The smallest absolute Gasteiger partial charge is 0.319 e. The number of carbonyl (C=O) groups is 2. The molecule has 0 aromatic rings. The Hall–Kier alpha value is -1.26. The highest BCUT2D eigenvalue weighted by molar-refractivity contribution is 5.75. The van der Waals surface area contributed by atoms with Crippen LogP contribution >= 0.6 is 0 Å². The average molecular weight is 230 g/mol. The van der Waals surface area contributed by atoms with E-state index in [0.717, 1.165) is 25.9 Å². The van der Waals surface area contributed by atoms with Gasteiger partial charge in [0.25, 0.3) is 0 Å². The molecule has 5 heteroatoms. The summed E-state index contributed by atoms with van der Waals surface area (Å²) in [6.45, 7) is 5.76. The van der Waals surface area contributed by atoms with Gasteiger partial charge in [-0.05, 0) is 12.8 Å². The second-order valence-electron chi connectivity index (χ2n) is 3.83. The number of urea groups is 1. The largest absolute Gasteiger partial charge is 0.481 e.